The lowest BCUT2D eigenvalue weighted by Crippen LogP contribution is -2.24. The largest absolute Gasteiger partial charge is 0.456 e. The van der Waals surface area contributed by atoms with Crippen LogP contribution in [0.5, 0.6) is 0 Å². The molecule has 5 rings (SSSR count). The number of hydrogen-bond donors (Lipinski definition) is 1. The van der Waals surface area contributed by atoms with Gasteiger partial charge in [0.05, 0.1) is 0 Å². The van der Waals surface area contributed by atoms with Crippen LogP contribution in [-0.4, -0.2) is 0 Å². The Labute approximate surface area is 136 Å². The SMILES string of the molecule is CCC(N)c1cc2oc3ccccc3c2cc1[C@]12C=CC1(C)C2. The summed E-state index contributed by atoms with van der Waals surface area (Å²) in [7, 11) is 0. The van der Waals surface area contributed by atoms with Gasteiger partial charge in [-0.05, 0) is 47.6 Å². The molecular weight excluding hydrogens is 282 g/mol. The van der Waals surface area contributed by atoms with E-state index in [1.54, 1.807) is 0 Å². The molecule has 0 radical (unpaired) electrons. The Morgan fingerprint density at radius 2 is 1.96 bits per heavy atom. The molecule has 3 atom stereocenters. The fourth-order valence-electron chi connectivity index (χ4n) is 4.41. The summed E-state index contributed by atoms with van der Waals surface area (Å²) in [6.45, 7) is 4.50. The molecule has 1 saturated carbocycles. The molecule has 2 heteroatoms. The zero-order valence-electron chi connectivity index (χ0n) is 13.6. The van der Waals surface area contributed by atoms with Crippen LogP contribution in [0.15, 0.2) is 53.0 Å². The third kappa shape index (κ3) is 1.52. The van der Waals surface area contributed by atoms with Gasteiger partial charge in [-0.25, -0.2) is 0 Å². The van der Waals surface area contributed by atoms with Crippen molar-refractivity contribution in [3.8, 4) is 0 Å². The third-order valence-electron chi connectivity index (χ3n) is 6.14. The van der Waals surface area contributed by atoms with Gasteiger partial charge in [-0.3, -0.25) is 0 Å². The lowest BCUT2D eigenvalue weighted by Gasteiger charge is -2.29. The van der Waals surface area contributed by atoms with Crippen LogP contribution in [-0.2, 0) is 5.41 Å². The number of nitrogens with two attached hydrogens (primary N) is 1. The van der Waals surface area contributed by atoms with Crippen LogP contribution < -0.4 is 5.73 Å². The van der Waals surface area contributed by atoms with Crippen LogP contribution >= 0.6 is 0 Å². The van der Waals surface area contributed by atoms with Crippen LogP contribution in [0, 0.1) is 5.41 Å². The average Bonchev–Trinajstić information content (AvgIpc) is 2.87. The van der Waals surface area contributed by atoms with Crippen molar-refractivity contribution < 1.29 is 4.42 Å². The lowest BCUT2D eigenvalue weighted by molar-refractivity contribution is 0.563. The van der Waals surface area contributed by atoms with E-state index in [0.29, 0.717) is 5.41 Å². The Balaban J connectivity index is 1.83. The summed E-state index contributed by atoms with van der Waals surface area (Å²) in [4.78, 5) is 0. The van der Waals surface area contributed by atoms with Gasteiger partial charge >= 0.3 is 0 Å². The standard InChI is InChI=1S/C21H21NO/c1-3-17(22)15-11-19-14(13-6-4-5-7-18(13)23-19)10-16(15)21-9-8-20(21,2)12-21/h4-11,17H,3,12,22H2,1-2H3/t17?,20?,21-/m1/s1. The summed E-state index contributed by atoms with van der Waals surface area (Å²) < 4.78 is 6.07. The summed E-state index contributed by atoms with van der Waals surface area (Å²) >= 11 is 0. The molecular formula is C21H21NO. The van der Waals surface area contributed by atoms with Crippen LogP contribution in [0.1, 0.15) is 43.9 Å². The first-order valence-corrected chi connectivity index (χ1v) is 8.50. The van der Waals surface area contributed by atoms with E-state index >= 15 is 0 Å². The number of para-hydroxylation sites is 1. The number of allylic oxidation sites excluding steroid dienone is 2. The van der Waals surface area contributed by atoms with E-state index in [-0.39, 0.29) is 11.5 Å². The monoisotopic (exact) mass is 303 g/mol. The van der Waals surface area contributed by atoms with Gasteiger partial charge in [0, 0.05) is 22.2 Å². The van der Waals surface area contributed by atoms with E-state index < -0.39 is 0 Å². The van der Waals surface area contributed by atoms with E-state index in [9.17, 15) is 0 Å². The minimum Gasteiger partial charge on any atom is -0.456 e. The predicted octanol–water partition coefficient (Wildman–Crippen LogP) is 5.21. The smallest absolute Gasteiger partial charge is 0.135 e. The van der Waals surface area contributed by atoms with Gasteiger partial charge in [-0.2, -0.15) is 0 Å². The molecule has 2 nitrogen and oxygen atoms in total. The van der Waals surface area contributed by atoms with Crippen molar-refractivity contribution in [2.45, 2.75) is 38.1 Å². The molecule has 0 saturated heterocycles. The Morgan fingerprint density at radius 1 is 1.13 bits per heavy atom. The van der Waals surface area contributed by atoms with Crippen molar-refractivity contribution >= 4 is 21.9 Å². The second-order valence-corrected chi connectivity index (χ2v) is 7.45. The molecule has 3 aromatic rings. The highest BCUT2D eigenvalue weighted by Crippen LogP contribution is 2.73. The molecule has 2 aromatic carbocycles. The Morgan fingerprint density at radius 3 is 2.61 bits per heavy atom. The van der Waals surface area contributed by atoms with Crippen LogP contribution in [0.3, 0.4) is 0 Å². The molecule has 0 amide bonds. The summed E-state index contributed by atoms with van der Waals surface area (Å²) in [5, 5.41) is 2.41. The molecule has 1 aromatic heterocycles. The van der Waals surface area contributed by atoms with Gasteiger partial charge in [-0.15, -0.1) is 0 Å². The number of fused-ring (bicyclic) bond motifs is 4. The molecule has 23 heavy (non-hydrogen) atoms. The summed E-state index contributed by atoms with van der Waals surface area (Å²) in [6, 6.07) is 12.9. The molecule has 0 spiro atoms. The van der Waals surface area contributed by atoms with E-state index in [0.717, 1.165) is 17.6 Å². The Hall–Kier alpha value is -2.06. The van der Waals surface area contributed by atoms with Gasteiger partial charge in [-0.1, -0.05) is 44.2 Å². The van der Waals surface area contributed by atoms with Crippen molar-refractivity contribution in [2.24, 2.45) is 11.1 Å². The van der Waals surface area contributed by atoms with Crippen molar-refractivity contribution in [1.82, 2.24) is 0 Å². The highest BCUT2D eigenvalue weighted by molar-refractivity contribution is 6.05. The summed E-state index contributed by atoms with van der Waals surface area (Å²) in [5.41, 5.74) is 11.6. The number of rotatable bonds is 3. The molecule has 2 aliphatic rings. The Bertz CT molecular complexity index is 982. The fourth-order valence-corrected chi connectivity index (χ4v) is 4.41. The quantitative estimate of drug-likeness (QED) is 0.674. The van der Waals surface area contributed by atoms with E-state index in [1.807, 2.05) is 12.1 Å². The summed E-state index contributed by atoms with van der Waals surface area (Å²) in [6.07, 6.45) is 6.88. The third-order valence-corrected chi connectivity index (χ3v) is 6.14. The molecule has 2 N–H and O–H groups in total. The van der Waals surface area contributed by atoms with Crippen molar-refractivity contribution in [2.75, 3.05) is 0 Å². The lowest BCUT2D eigenvalue weighted by atomic mass is 9.75. The average molecular weight is 303 g/mol. The topological polar surface area (TPSA) is 39.2 Å². The number of benzene rings is 2. The first kappa shape index (κ1) is 13.4. The zero-order chi connectivity index (χ0) is 15.8. The fraction of sp³-hybridized carbons (Fsp3) is 0.333. The maximum absolute atomic E-state index is 6.45. The molecule has 0 aliphatic heterocycles. The van der Waals surface area contributed by atoms with E-state index in [1.165, 1.54) is 28.3 Å². The van der Waals surface area contributed by atoms with Crippen molar-refractivity contribution in [3.63, 3.8) is 0 Å². The van der Waals surface area contributed by atoms with Crippen molar-refractivity contribution in [3.05, 3.63) is 59.7 Å². The second-order valence-electron chi connectivity index (χ2n) is 7.45. The molecule has 0 bridgehead atoms. The predicted molar refractivity (Wildman–Crippen MR) is 94.5 cm³/mol. The van der Waals surface area contributed by atoms with Gasteiger partial charge in [0.15, 0.2) is 0 Å². The van der Waals surface area contributed by atoms with Crippen molar-refractivity contribution in [1.29, 1.82) is 0 Å². The second kappa shape index (κ2) is 4.07. The van der Waals surface area contributed by atoms with Gasteiger partial charge in [0.2, 0.25) is 0 Å². The van der Waals surface area contributed by atoms with Gasteiger partial charge < -0.3 is 10.2 Å². The zero-order valence-corrected chi connectivity index (χ0v) is 13.6. The molecule has 2 aliphatic carbocycles. The highest BCUT2D eigenvalue weighted by Gasteiger charge is 2.68. The first-order valence-electron chi connectivity index (χ1n) is 8.50. The van der Waals surface area contributed by atoms with Crippen LogP contribution in [0.2, 0.25) is 0 Å². The number of furan rings is 1. The number of hydrogen-bond acceptors (Lipinski definition) is 2. The molecule has 1 heterocycles. The van der Waals surface area contributed by atoms with E-state index in [2.05, 4.69) is 50.3 Å². The van der Waals surface area contributed by atoms with Crippen LogP contribution in [0.25, 0.3) is 21.9 Å². The maximum Gasteiger partial charge on any atom is 0.135 e. The molecule has 1 fully saturated rings. The highest BCUT2D eigenvalue weighted by atomic mass is 16.3. The molecule has 116 valence electrons. The minimum absolute atomic E-state index is 0.0656. The minimum atomic E-state index is 0.0656. The Kier molecular flexibility index (Phi) is 2.37. The van der Waals surface area contributed by atoms with E-state index in [4.69, 9.17) is 10.2 Å². The first-order chi connectivity index (χ1) is 11.1. The maximum atomic E-state index is 6.45. The molecule has 2 unspecified atom stereocenters. The van der Waals surface area contributed by atoms with Gasteiger partial charge in [0.1, 0.15) is 11.2 Å². The van der Waals surface area contributed by atoms with Gasteiger partial charge in [0.25, 0.3) is 0 Å². The van der Waals surface area contributed by atoms with Crippen LogP contribution in [0.4, 0.5) is 0 Å². The normalized spacial score (nSPS) is 29.5. The summed E-state index contributed by atoms with van der Waals surface area (Å²) in [5.74, 6) is 0.